The van der Waals surface area contributed by atoms with Crippen LogP contribution < -0.4 is 0 Å². The average Bonchev–Trinajstić information content (AvgIpc) is 2.85. The molecular weight excluding hydrogens is 411 g/mol. The van der Waals surface area contributed by atoms with Gasteiger partial charge in [-0.25, -0.2) is 14.4 Å². The van der Waals surface area contributed by atoms with Crippen LogP contribution in [-0.2, 0) is 17.6 Å². The van der Waals surface area contributed by atoms with Crippen LogP contribution in [0.15, 0.2) is 36.7 Å². The predicted octanol–water partition coefficient (Wildman–Crippen LogP) is 8.30. The zero-order valence-electron chi connectivity index (χ0n) is 21.0. The van der Waals surface area contributed by atoms with Gasteiger partial charge in [0, 0.05) is 24.6 Å². The molecule has 0 saturated carbocycles. The Labute approximate surface area is 201 Å². The molecule has 0 radical (unpaired) electrons. The molecule has 2 aromatic rings. The van der Waals surface area contributed by atoms with E-state index >= 15 is 0 Å². The maximum Gasteiger partial charge on any atom is 0.159 e. The minimum absolute atomic E-state index is 0.245. The minimum Gasteiger partial charge on any atom is -0.378 e. The first-order valence-electron chi connectivity index (χ1n) is 13.3. The summed E-state index contributed by atoms with van der Waals surface area (Å²) in [5, 5.41) is 0. The first-order valence-corrected chi connectivity index (χ1v) is 13.3. The lowest BCUT2D eigenvalue weighted by atomic mass is 10.0. The molecule has 33 heavy (non-hydrogen) atoms. The lowest BCUT2D eigenvalue weighted by molar-refractivity contribution is 0.0765. The summed E-state index contributed by atoms with van der Waals surface area (Å²) in [5.74, 6) is 0.809. The van der Waals surface area contributed by atoms with Gasteiger partial charge in [-0.3, -0.25) is 0 Å². The third kappa shape index (κ3) is 12.3. The highest BCUT2D eigenvalue weighted by Crippen LogP contribution is 2.18. The second-order valence-electron chi connectivity index (χ2n) is 9.23. The van der Waals surface area contributed by atoms with Crippen molar-refractivity contribution in [3.05, 3.63) is 47.8 Å². The van der Waals surface area contributed by atoms with E-state index in [1.54, 1.807) is 0 Å². The fraction of sp³-hybridized carbons (Fsp3) is 0.655. The van der Waals surface area contributed by atoms with Crippen molar-refractivity contribution in [1.82, 2.24) is 9.97 Å². The molecule has 1 unspecified atom stereocenters. The number of aromatic nitrogens is 2. The van der Waals surface area contributed by atoms with E-state index in [1.807, 2.05) is 19.3 Å². The van der Waals surface area contributed by atoms with Gasteiger partial charge in [-0.2, -0.15) is 0 Å². The number of alkyl halides is 1. The Bertz CT molecular complexity index is 717. The highest BCUT2D eigenvalue weighted by atomic mass is 19.1. The van der Waals surface area contributed by atoms with E-state index in [0.717, 1.165) is 37.1 Å². The van der Waals surface area contributed by atoms with Gasteiger partial charge >= 0.3 is 0 Å². The Hall–Kier alpha value is -1.81. The van der Waals surface area contributed by atoms with Gasteiger partial charge in [-0.1, -0.05) is 89.5 Å². The summed E-state index contributed by atoms with van der Waals surface area (Å²) in [7, 11) is 0. The van der Waals surface area contributed by atoms with E-state index in [4.69, 9.17) is 4.74 Å². The maximum absolute atomic E-state index is 13.1. The summed E-state index contributed by atoms with van der Waals surface area (Å²) in [4.78, 5) is 9.20. The molecule has 0 bridgehead atoms. The third-order valence-corrected chi connectivity index (χ3v) is 6.23. The number of hydrogen-bond donors (Lipinski definition) is 0. The topological polar surface area (TPSA) is 35.0 Å². The van der Waals surface area contributed by atoms with Crippen LogP contribution in [0.1, 0.15) is 102 Å². The molecule has 1 aromatic carbocycles. The molecule has 0 fully saturated rings. The Balaban J connectivity index is 1.60. The van der Waals surface area contributed by atoms with Gasteiger partial charge in [0.25, 0.3) is 0 Å². The van der Waals surface area contributed by atoms with Crippen molar-refractivity contribution in [1.29, 1.82) is 0 Å². The number of halogens is 1. The van der Waals surface area contributed by atoms with Crippen molar-refractivity contribution in [2.45, 2.75) is 110 Å². The van der Waals surface area contributed by atoms with Gasteiger partial charge in [-0.15, -0.1) is 0 Å². The van der Waals surface area contributed by atoms with Crippen molar-refractivity contribution in [2.75, 3.05) is 13.2 Å². The van der Waals surface area contributed by atoms with Gasteiger partial charge in [0.1, 0.15) is 6.17 Å². The minimum atomic E-state index is -0.814. The molecule has 0 N–H and O–H groups in total. The van der Waals surface area contributed by atoms with E-state index in [2.05, 4.69) is 41.2 Å². The molecule has 0 aliphatic heterocycles. The van der Waals surface area contributed by atoms with Crippen molar-refractivity contribution >= 4 is 0 Å². The fourth-order valence-electron chi connectivity index (χ4n) is 3.96. The van der Waals surface area contributed by atoms with Crippen molar-refractivity contribution < 1.29 is 9.13 Å². The van der Waals surface area contributed by atoms with Crippen LogP contribution in [0.25, 0.3) is 11.4 Å². The average molecular weight is 457 g/mol. The number of benzene rings is 1. The number of rotatable bonds is 19. The van der Waals surface area contributed by atoms with E-state index in [1.165, 1.54) is 68.9 Å². The zero-order chi connectivity index (χ0) is 23.6. The van der Waals surface area contributed by atoms with E-state index in [-0.39, 0.29) is 6.61 Å². The number of nitrogens with zero attached hydrogens (tertiary/aromatic N) is 2. The number of ether oxygens (including phenoxy) is 1. The summed E-state index contributed by atoms with van der Waals surface area (Å²) < 4.78 is 18.4. The smallest absolute Gasteiger partial charge is 0.159 e. The second-order valence-corrected chi connectivity index (χ2v) is 9.23. The molecule has 0 aliphatic carbocycles. The molecule has 1 aromatic heterocycles. The van der Waals surface area contributed by atoms with Crippen LogP contribution >= 0.6 is 0 Å². The van der Waals surface area contributed by atoms with Crippen LogP contribution in [-0.4, -0.2) is 29.4 Å². The zero-order valence-corrected chi connectivity index (χ0v) is 21.0. The Morgan fingerprint density at radius 1 is 0.727 bits per heavy atom. The first-order chi connectivity index (χ1) is 16.2. The summed E-state index contributed by atoms with van der Waals surface area (Å²) in [5.41, 5.74) is 3.68. The second kappa shape index (κ2) is 17.6. The first kappa shape index (κ1) is 27.4. The molecule has 0 aliphatic rings. The van der Waals surface area contributed by atoms with Crippen LogP contribution in [0.5, 0.6) is 0 Å². The number of hydrogen-bond acceptors (Lipinski definition) is 3. The monoisotopic (exact) mass is 456 g/mol. The molecule has 4 heteroatoms. The summed E-state index contributed by atoms with van der Waals surface area (Å²) in [6, 6.07) is 8.66. The lowest BCUT2D eigenvalue weighted by Gasteiger charge is -2.07. The van der Waals surface area contributed by atoms with E-state index in [0.29, 0.717) is 13.0 Å². The maximum atomic E-state index is 13.1. The van der Waals surface area contributed by atoms with E-state index in [9.17, 15) is 4.39 Å². The van der Waals surface area contributed by atoms with Gasteiger partial charge in [0.2, 0.25) is 0 Å². The lowest BCUT2D eigenvalue weighted by Crippen LogP contribution is -2.09. The van der Waals surface area contributed by atoms with E-state index < -0.39 is 6.17 Å². The van der Waals surface area contributed by atoms with Crippen LogP contribution in [0.2, 0.25) is 0 Å². The molecule has 0 amide bonds. The molecule has 0 spiro atoms. The van der Waals surface area contributed by atoms with Crippen molar-refractivity contribution in [3.63, 3.8) is 0 Å². The number of unbranched alkanes of at least 4 members (excludes halogenated alkanes) is 9. The summed E-state index contributed by atoms with van der Waals surface area (Å²) in [6.45, 7) is 5.03. The third-order valence-electron chi connectivity index (χ3n) is 6.23. The van der Waals surface area contributed by atoms with Gasteiger partial charge in [0.05, 0.1) is 6.61 Å². The summed E-state index contributed by atoms with van der Waals surface area (Å²) in [6.07, 6.45) is 19.7. The Morgan fingerprint density at radius 3 is 1.94 bits per heavy atom. The van der Waals surface area contributed by atoms with Gasteiger partial charge < -0.3 is 4.74 Å². The molecule has 1 atom stereocenters. The predicted molar refractivity (Wildman–Crippen MR) is 137 cm³/mol. The molecule has 184 valence electrons. The van der Waals surface area contributed by atoms with Crippen molar-refractivity contribution in [3.8, 4) is 11.4 Å². The largest absolute Gasteiger partial charge is 0.378 e. The Kier molecular flexibility index (Phi) is 14.7. The SMILES string of the molecule is CCCCCCCCCc1cnc(-c2ccc(CCCCCCOCC(F)CC)cc2)nc1. The van der Waals surface area contributed by atoms with Crippen LogP contribution in [0.3, 0.4) is 0 Å². The normalized spacial score (nSPS) is 12.2. The van der Waals surface area contributed by atoms with Crippen LogP contribution in [0.4, 0.5) is 4.39 Å². The molecular formula is C29H45FN2O. The molecule has 1 heterocycles. The van der Waals surface area contributed by atoms with Gasteiger partial charge in [-0.05, 0) is 49.7 Å². The Morgan fingerprint density at radius 2 is 1.30 bits per heavy atom. The standard InChI is InChI=1S/C29H45FN2O/c1-3-5-6-7-8-9-13-16-26-22-31-29(32-23-26)27-19-17-25(18-20-27)15-12-10-11-14-21-33-24-28(30)4-2/h17-20,22-23,28H,3-16,21,24H2,1-2H3. The quantitative estimate of drug-likeness (QED) is 0.199. The fourth-order valence-corrected chi connectivity index (χ4v) is 3.96. The highest BCUT2D eigenvalue weighted by Gasteiger charge is 2.04. The summed E-state index contributed by atoms with van der Waals surface area (Å²) >= 11 is 0. The van der Waals surface area contributed by atoms with Crippen LogP contribution in [0, 0.1) is 0 Å². The molecule has 0 saturated heterocycles. The van der Waals surface area contributed by atoms with Gasteiger partial charge in [0.15, 0.2) is 5.82 Å². The van der Waals surface area contributed by atoms with Crippen molar-refractivity contribution in [2.24, 2.45) is 0 Å². The highest BCUT2D eigenvalue weighted by molar-refractivity contribution is 5.55. The number of aryl methyl sites for hydroxylation is 2. The molecule has 3 nitrogen and oxygen atoms in total. The molecule has 2 rings (SSSR count).